The second-order valence-corrected chi connectivity index (χ2v) is 6.78. The SMILES string of the molecule is CC1CN(C)CC1NS(=O)(=O)/C=C/c1ccccc1. The van der Waals surface area contributed by atoms with Crippen LogP contribution in [0.3, 0.4) is 0 Å². The predicted octanol–water partition coefficient (Wildman–Crippen LogP) is 1.53. The molecule has 104 valence electrons. The first-order valence-corrected chi connectivity index (χ1v) is 7.95. The van der Waals surface area contributed by atoms with E-state index in [1.54, 1.807) is 6.08 Å². The van der Waals surface area contributed by atoms with Crippen molar-refractivity contribution in [1.29, 1.82) is 0 Å². The van der Waals surface area contributed by atoms with E-state index in [1.807, 2.05) is 37.4 Å². The summed E-state index contributed by atoms with van der Waals surface area (Å²) in [4.78, 5) is 2.14. The second-order valence-electron chi connectivity index (χ2n) is 5.18. The molecule has 2 unspecified atom stereocenters. The lowest BCUT2D eigenvalue weighted by atomic mass is 10.1. The van der Waals surface area contributed by atoms with Gasteiger partial charge in [-0.15, -0.1) is 0 Å². The monoisotopic (exact) mass is 280 g/mol. The minimum absolute atomic E-state index is 0.00424. The van der Waals surface area contributed by atoms with Crippen molar-refractivity contribution < 1.29 is 8.42 Å². The third-order valence-corrected chi connectivity index (χ3v) is 4.48. The van der Waals surface area contributed by atoms with Gasteiger partial charge in [0.1, 0.15) is 0 Å². The molecule has 5 heteroatoms. The van der Waals surface area contributed by atoms with Gasteiger partial charge >= 0.3 is 0 Å². The summed E-state index contributed by atoms with van der Waals surface area (Å²) >= 11 is 0. The van der Waals surface area contributed by atoms with Crippen LogP contribution in [0.15, 0.2) is 35.7 Å². The molecule has 4 nitrogen and oxygen atoms in total. The number of sulfonamides is 1. The van der Waals surface area contributed by atoms with Crippen LogP contribution in [0.1, 0.15) is 12.5 Å². The fraction of sp³-hybridized carbons (Fsp3) is 0.429. The minimum Gasteiger partial charge on any atom is -0.304 e. The van der Waals surface area contributed by atoms with Gasteiger partial charge in [0.15, 0.2) is 0 Å². The first-order chi connectivity index (χ1) is 8.96. The van der Waals surface area contributed by atoms with Crippen molar-refractivity contribution in [2.24, 2.45) is 5.92 Å². The maximum Gasteiger partial charge on any atom is 0.234 e. The number of nitrogens with one attached hydrogen (secondary N) is 1. The molecule has 1 aromatic rings. The maximum atomic E-state index is 12.0. The molecule has 0 spiro atoms. The van der Waals surface area contributed by atoms with Crippen LogP contribution in [-0.2, 0) is 10.0 Å². The molecule has 0 radical (unpaired) electrons. The van der Waals surface area contributed by atoms with Crippen molar-refractivity contribution in [2.45, 2.75) is 13.0 Å². The average molecular weight is 280 g/mol. The minimum atomic E-state index is -3.38. The summed E-state index contributed by atoms with van der Waals surface area (Å²) in [6.07, 6.45) is 1.62. The summed E-state index contributed by atoms with van der Waals surface area (Å²) in [5, 5.41) is 1.24. The lowest BCUT2D eigenvalue weighted by Crippen LogP contribution is -2.38. The summed E-state index contributed by atoms with van der Waals surface area (Å²) in [6.45, 7) is 3.76. The molecule has 1 aromatic carbocycles. The van der Waals surface area contributed by atoms with E-state index >= 15 is 0 Å². The Morgan fingerprint density at radius 3 is 2.53 bits per heavy atom. The highest BCUT2D eigenvalue weighted by atomic mass is 32.2. The summed E-state index contributed by atoms with van der Waals surface area (Å²) < 4.78 is 26.7. The molecule has 1 heterocycles. The molecule has 0 saturated carbocycles. The molecule has 0 aliphatic carbocycles. The van der Waals surface area contributed by atoms with Crippen molar-refractivity contribution in [2.75, 3.05) is 20.1 Å². The topological polar surface area (TPSA) is 49.4 Å². The summed E-state index contributed by atoms with van der Waals surface area (Å²) in [5.41, 5.74) is 0.879. The number of hydrogen-bond donors (Lipinski definition) is 1. The average Bonchev–Trinajstić information content (AvgIpc) is 2.66. The largest absolute Gasteiger partial charge is 0.304 e. The zero-order valence-electron chi connectivity index (χ0n) is 11.3. The van der Waals surface area contributed by atoms with Gasteiger partial charge in [-0.1, -0.05) is 37.3 Å². The number of nitrogens with zero attached hydrogens (tertiary/aromatic N) is 1. The summed E-state index contributed by atoms with van der Waals surface area (Å²) in [6, 6.07) is 9.41. The van der Waals surface area contributed by atoms with Gasteiger partial charge in [-0.05, 0) is 24.6 Å². The lowest BCUT2D eigenvalue weighted by molar-refractivity contribution is 0.400. The molecular weight excluding hydrogens is 260 g/mol. The Bertz CT molecular complexity index is 540. The van der Waals surface area contributed by atoms with Crippen LogP contribution in [0.4, 0.5) is 0 Å². The van der Waals surface area contributed by atoms with Crippen molar-refractivity contribution in [3.63, 3.8) is 0 Å². The highest BCUT2D eigenvalue weighted by molar-refractivity contribution is 7.92. The van der Waals surface area contributed by atoms with E-state index in [0.717, 1.165) is 18.7 Å². The van der Waals surface area contributed by atoms with Crippen LogP contribution < -0.4 is 4.72 Å². The molecule has 2 atom stereocenters. The predicted molar refractivity (Wildman–Crippen MR) is 78.0 cm³/mol. The van der Waals surface area contributed by atoms with E-state index in [9.17, 15) is 8.42 Å². The van der Waals surface area contributed by atoms with Gasteiger partial charge in [0, 0.05) is 24.5 Å². The zero-order chi connectivity index (χ0) is 13.9. The first-order valence-electron chi connectivity index (χ1n) is 6.40. The van der Waals surface area contributed by atoms with Crippen molar-refractivity contribution in [1.82, 2.24) is 9.62 Å². The fourth-order valence-electron chi connectivity index (χ4n) is 2.35. The Kier molecular flexibility index (Phi) is 4.39. The van der Waals surface area contributed by atoms with Gasteiger partial charge in [0.05, 0.1) is 0 Å². The molecule has 1 fully saturated rings. The van der Waals surface area contributed by atoms with Crippen molar-refractivity contribution >= 4 is 16.1 Å². The van der Waals surface area contributed by atoms with E-state index in [0.29, 0.717) is 5.92 Å². The highest BCUT2D eigenvalue weighted by Crippen LogP contribution is 2.15. The molecule has 0 aromatic heterocycles. The standard InChI is InChI=1S/C14H20N2O2S/c1-12-10-16(2)11-14(12)15-19(17,18)9-8-13-6-4-3-5-7-13/h3-9,12,14-15H,10-11H2,1-2H3/b9-8+. The Morgan fingerprint density at radius 1 is 1.26 bits per heavy atom. The fourth-order valence-corrected chi connectivity index (χ4v) is 3.49. The van der Waals surface area contributed by atoms with Crippen molar-refractivity contribution in [3.05, 3.63) is 41.3 Å². The molecule has 2 rings (SSSR count). The highest BCUT2D eigenvalue weighted by Gasteiger charge is 2.29. The molecular formula is C14H20N2O2S. The first kappa shape index (κ1) is 14.2. The normalized spacial score (nSPS) is 25.2. The van der Waals surface area contributed by atoms with Crippen LogP contribution in [0.2, 0.25) is 0 Å². The van der Waals surface area contributed by atoms with Gasteiger partial charge in [-0.25, -0.2) is 13.1 Å². The third kappa shape index (κ3) is 4.16. The quantitative estimate of drug-likeness (QED) is 0.910. The Hall–Kier alpha value is -1.17. The molecule has 0 bridgehead atoms. The molecule has 19 heavy (non-hydrogen) atoms. The molecule has 1 aliphatic rings. The number of likely N-dealkylation sites (tertiary alicyclic amines) is 1. The molecule has 1 N–H and O–H groups in total. The van der Waals surface area contributed by atoms with Crippen LogP contribution in [0, 0.1) is 5.92 Å². The van der Waals surface area contributed by atoms with E-state index in [4.69, 9.17) is 0 Å². The van der Waals surface area contributed by atoms with Gasteiger partial charge in [-0.3, -0.25) is 0 Å². The number of benzene rings is 1. The van der Waals surface area contributed by atoms with Gasteiger partial charge in [0.2, 0.25) is 10.0 Å². The summed E-state index contributed by atoms with van der Waals surface area (Å²) in [5.74, 6) is 0.338. The van der Waals surface area contributed by atoms with Gasteiger partial charge in [0.25, 0.3) is 0 Å². The maximum absolute atomic E-state index is 12.0. The summed E-state index contributed by atoms with van der Waals surface area (Å²) in [7, 11) is -1.37. The Labute approximate surface area is 115 Å². The number of likely N-dealkylation sites (N-methyl/N-ethyl adjacent to an activating group) is 1. The Morgan fingerprint density at radius 2 is 1.95 bits per heavy atom. The van der Waals surface area contributed by atoms with E-state index in [1.165, 1.54) is 5.41 Å². The van der Waals surface area contributed by atoms with Crippen LogP contribution in [0.5, 0.6) is 0 Å². The van der Waals surface area contributed by atoms with E-state index in [-0.39, 0.29) is 6.04 Å². The van der Waals surface area contributed by atoms with E-state index in [2.05, 4.69) is 16.5 Å². The molecule has 1 aliphatic heterocycles. The molecule has 1 saturated heterocycles. The third-order valence-electron chi connectivity index (χ3n) is 3.35. The lowest BCUT2D eigenvalue weighted by Gasteiger charge is -2.14. The second kappa shape index (κ2) is 5.86. The van der Waals surface area contributed by atoms with Crippen LogP contribution in [0.25, 0.3) is 6.08 Å². The van der Waals surface area contributed by atoms with E-state index < -0.39 is 10.0 Å². The zero-order valence-corrected chi connectivity index (χ0v) is 12.1. The number of hydrogen-bond acceptors (Lipinski definition) is 3. The smallest absolute Gasteiger partial charge is 0.234 e. The number of rotatable bonds is 4. The van der Waals surface area contributed by atoms with Gasteiger partial charge in [-0.2, -0.15) is 0 Å². The van der Waals surface area contributed by atoms with Gasteiger partial charge < -0.3 is 4.90 Å². The Balaban J connectivity index is 2.01. The van der Waals surface area contributed by atoms with Crippen LogP contribution >= 0.6 is 0 Å². The van der Waals surface area contributed by atoms with Crippen LogP contribution in [-0.4, -0.2) is 39.5 Å². The van der Waals surface area contributed by atoms with Crippen molar-refractivity contribution in [3.8, 4) is 0 Å². The molecule has 0 amide bonds.